The average molecular weight is 267 g/mol. The molecule has 2 unspecified atom stereocenters. The summed E-state index contributed by atoms with van der Waals surface area (Å²) in [6.07, 6.45) is -2.01. The Kier molecular flexibility index (Phi) is 5.08. The lowest BCUT2D eigenvalue weighted by molar-refractivity contribution is -0.109. The van der Waals surface area contributed by atoms with Gasteiger partial charge in [0.2, 0.25) is 0 Å². The van der Waals surface area contributed by atoms with Crippen LogP contribution in [0.3, 0.4) is 0 Å². The first-order valence-corrected chi connectivity index (χ1v) is 6.49. The quantitative estimate of drug-likeness (QED) is 0.876. The third-order valence-electron chi connectivity index (χ3n) is 1.79. The molecule has 0 aliphatic rings. The molecule has 0 aromatic carbocycles. The number of aliphatic hydroxyl groups excluding tert-OH is 2. The van der Waals surface area contributed by atoms with Crippen molar-refractivity contribution in [2.24, 2.45) is 0 Å². The standard InChI is InChI=1S/C9H11ClO3S2/c1-5(11)15-4-7(12)8(13)6-2-3-14-9(6)10/h2-3,7-8,12-13H,4H2,1H3. The molecule has 2 N–H and O–H groups in total. The summed E-state index contributed by atoms with van der Waals surface area (Å²) < 4.78 is 0.467. The summed E-state index contributed by atoms with van der Waals surface area (Å²) in [5.74, 6) is 0.169. The lowest BCUT2D eigenvalue weighted by atomic mass is 10.1. The summed E-state index contributed by atoms with van der Waals surface area (Å²) in [5, 5.41) is 21.0. The number of hydrogen-bond acceptors (Lipinski definition) is 5. The number of rotatable bonds is 4. The largest absolute Gasteiger partial charge is 0.389 e. The summed E-state index contributed by atoms with van der Waals surface area (Å²) in [7, 11) is 0. The average Bonchev–Trinajstić information content (AvgIpc) is 2.59. The second-order valence-electron chi connectivity index (χ2n) is 2.96. The van der Waals surface area contributed by atoms with Crippen molar-refractivity contribution in [1.82, 2.24) is 0 Å². The predicted molar refractivity (Wildman–Crippen MR) is 63.4 cm³/mol. The Labute approximate surface area is 101 Å². The third-order valence-corrected chi connectivity index (χ3v) is 3.90. The van der Waals surface area contributed by atoms with E-state index in [-0.39, 0.29) is 10.9 Å². The molecule has 0 bridgehead atoms. The fourth-order valence-corrected chi connectivity index (χ4v) is 2.59. The van der Waals surface area contributed by atoms with Gasteiger partial charge in [0.25, 0.3) is 0 Å². The van der Waals surface area contributed by atoms with Crippen LogP contribution in [0.5, 0.6) is 0 Å². The summed E-state index contributed by atoms with van der Waals surface area (Å²) >= 11 is 8.09. The molecule has 1 aromatic rings. The second-order valence-corrected chi connectivity index (χ2v) is 5.68. The summed E-state index contributed by atoms with van der Waals surface area (Å²) in [5.41, 5.74) is 0.512. The minimum Gasteiger partial charge on any atom is -0.389 e. The molecule has 84 valence electrons. The van der Waals surface area contributed by atoms with E-state index in [2.05, 4.69) is 0 Å². The van der Waals surface area contributed by atoms with E-state index in [9.17, 15) is 15.0 Å². The SMILES string of the molecule is CC(=O)SCC(O)C(O)c1ccsc1Cl. The molecule has 0 spiro atoms. The Morgan fingerprint density at radius 3 is 2.80 bits per heavy atom. The second kappa shape index (κ2) is 5.86. The van der Waals surface area contributed by atoms with Crippen molar-refractivity contribution in [3.05, 3.63) is 21.3 Å². The van der Waals surface area contributed by atoms with Crippen LogP contribution in [-0.4, -0.2) is 27.2 Å². The number of carbonyl (C=O) groups excluding carboxylic acids is 1. The fourth-order valence-electron chi connectivity index (χ4n) is 1.02. The lowest BCUT2D eigenvalue weighted by Gasteiger charge is -2.16. The first-order chi connectivity index (χ1) is 7.02. The van der Waals surface area contributed by atoms with Crippen LogP contribution in [0, 0.1) is 0 Å². The minimum atomic E-state index is -1.03. The number of carbonyl (C=O) groups is 1. The molecule has 6 heteroatoms. The van der Waals surface area contributed by atoms with Crippen LogP contribution in [-0.2, 0) is 4.79 Å². The smallest absolute Gasteiger partial charge is 0.185 e. The fraction of sp³-hybridized carbons (Fsp3) is 0.444. The van der Waals surface area contributed by atoms with Gasteiger partial charge in [0.15, 0.2) is 5.12 Å². The van der Waals surface area contributed by atoms with E-state index in [1.807, 2.05) is 0 Å². The predicted octanol–water partition coefficient (Wildman–Crippen LogP) is 2.08. The van der Waals surface area contributed by atoms with Crippen LogP contribution in [0.25, 0.3) is 0 Å². The van der Waals surface area contributed by atoms with E-state index in [1.54, 1.807) is 11.4 Å². The Morgan fingerprint density at radius 2 is 2.33 bits per heavy atom. The highest BCUT2D eigenvalue weighted by atomic mass is 35.5. The first kappa shape index (κ1) is 13.0. The molecule has 0 fully saturated rings. The van der Waals surface area contributed by atoms with Crippen molar-refractivity contribution in [2.75, 3.05) is 5.75 Å². The molecule has 0 aliphatic carbocycles. The van der Waals surface area contributed by atoms with Gasteiger partial charge in [-0.15, -0.1) is 11.3 Å². The number of aliphatic hydroxyl groups is 2. The van der Waals surface area contributed by atoms with E-state index in [4.69, 9.17) is 11.6 Å². The molecule has 0 radical (unpaired) electrons. The lowest BCUT2D eigenvalue weighted by Crippen LogP contribution is -2.21. The number of hydrogen-bond donors (Lipinski definition) is 2. The van der Waals surface area contributed by atoms with Crippen molar-refractivity contribution in [3.63, 3.8) is 0 Å². The van der Waals surface area contributed by atoms with Crippen LogP contribution in [0.15, 0.2) is 11.4 Å². The Hall–Kier alpha value is -0.0700. The van der Waals surface area contributed by atoms with Gasteiger partial charge in [-0.1, -0.05) is 23.4 Å². The molecule has 0 saturated heterocycles. The molecule has 2 atom stereocenters. The number of thiophene rings is 1. The van der Waals surface area contributed by atoms with Gasteiger partial charge < -0.3 is 10.2 Å². The monoisotopic (exact) mass is 266 g/mol. The van der Waals surface area contributed by atoms with Gasteiger partial charge in [0, 0.05) is 18.2 Å². The zero-order valence-electron chi connectivity index (χ0n) is 8.01. The van der Waals surface area contributed by atoms with Gasteiger partial charge >= 0.3 is 0 Å². The highest BCUT2D eigenvalue weighted by Crippen LogP contribution is 2.30. The molecule has 0 aliphatic heterocycles. The normalized spacial score (nSPS) is 14.9. The molecule has 1 rings (SSSR count). The van der Waals surface area contributed by atoms with Crippen molar-refractivity contribution in [2.45, 2.75) is 19.1 Å². The van der Waals surface area contributed by atoms with Crippen LogP contribution in [0.4, 0.5) is 0 Å². The van der Waals surface area contributed by atoms with Crippen LogP contribution in [0.1, 0.15) is 18.6 Å². The van der Waals surface area contributed by atoms with E-state index >= 15 is 0 Å². The summed E-state index contributed by atoms with van der Waals surface area (Å²) in [4.78, 5) is 10.7. The highest BCUT2D eigenvalue weighted by Gasteiger charge is 2.21. The van der Waals surface area contributed by atoms with E-state index < -0.39 is 12.2 Å². The zero-order chi connectivity index (χ0) is 11.4. The highest BCUT2D eigenvalue weighted by molar-refractivity contribution is 8.13. The van der Waals surface area contributed by atoms with E-state index in [0.717, 1.165) is 11.8 Å². The molecule has 0 saturated carbocycles. The summed E-state index contributed by atoms with van der Waals surface area (Å²) in [6.45, 7) is 1.42. The van der Waals surface area contributed by atoms with E-state index in [0.29, 0.717) is 9.90 Å². The van der Waals surface area contributed by atoms with Gasteiger partial charge in [0.1, 0.15) is 6.10 Å². The van der Waals surface area contributed by atoms with Crippen molar-refractivity contribution < 1.29 is 15.0 Å². The van der Waals surface area contributed by atoms with Gasteiger partial charge in [-0.3, -0.25) is 4.79 Å². The maximum Gasteiger partial charge on any atom is 0.185 e. The first-order valence-electron chi connectivity index (χ1n) is 4.24. The molecule has 1 heterocycles. The Morgan fingerprint density at radius 1 is 1.67 bits per heavy atom. The third kappa shape index (κ3) is 3.77. The molecular weight excluding hydrogens is 256 g/mol. The number of halogens is 1. The Bertz CT molecular complexity index is 340. The van der Waals surface area contributed by atoms with E-state index in [1.165, 1.54) is 18.3 Å². The molecule has 3 nitrogen and oxygen atoms in total. The topological polar surface area (TPSA) is 57.5 Å². The van der Waals surface area contributed by atoms with Crippen LogP contribution < -0.4 is 0 Å². The van der Waals surface area contributed by atoms with Crippen LogP contribution >= 0.6 is 34.7 Å². The van der Waals surface area contributed by atoms with Crippen molar-refractivity contribution in [1.29, 1.82) is 0 Å². The van der Waals surface area contributed by atoms with Crippen LogP contribution in [0.2, 0.25) is 4.34 Å². The Balaban J connectivity index is 2.57. The molecule has 15 heavy (non-hydrogen) atoms. The maximum absolute atomic E-state index is 10.7. The van der Waals surface area contributed by atoms with Gasteiger partial charge in [0.05, 0.1) is 10.4 Å². The minimum absolute atomic E-state index is 0.0855. The van der Waals surface area contributed by atoms with Crippen molar-refractivity contribution >= 4 is 39.8 Å². The van der Waals surface area contributed by atoms with Gasteiger partial charge in [-0.05, 0) is 11.4 Å². The zero-order valence-corrected chi connectivity index (χ0v) is 10.4. The molecule has 1 aromatic heterocycles. The van der Waals surface area contributed by atoms with Crippen molar-refractivity contribution in [3.8, 4) is 0 Å². The van der Waals surface area contributed by atoms with Gasteiger partial charge in [-0.25, -0.2) is 0 Å². The van der Waals surface area contributed by atoms with Gasteiger partial charge in [-0.2, -0.15) is 0 Å². The summed E-state index contributed by atoms with van der Waals surface area (Å²) in [6, 6.07) is 1.67. The number of thioether (sulfide) groups is 1. The molecule has 0 amide bonds. The maximum atomic E-state index is 10.7. The molecular formula is C9H11ClO3S2.